The van der Waals surface area contributed by atoms with Crippen molar-refractivity contribution in [2.24, 2.45) is 0 Å². The van der Waals surface area contributed by atoms with Crippen LogP contribution in [0.25, 0.3) is 0 Å². The minimum atomic E-state index is -1.17. The molecule has 0 bridgehead atoms. The zero-order chi connectivity index (χ0) is 27.6. The Morgan fingerprint density at radius 1 is 1.18 bits per heavy atom. The van der Waals surface area contributed by atoms with E-state index in [1.54, 1.807) is 0 Å². The van der Waals surface area contributed by atoms with Crippen LogP contribution in [0.1, 0.15) is 60.4 Å². The number of nitrogens with one attached hydrogen (secondary N) is 2. The van der Waals surface area contributed by atoms with Crippen LogP contribution < -0.4 is 10.6 Å². The highest BCUT2D eigenvalue weighted by Crippen LogP contribution is 2.33. The molecule has 0 fully saturated rings. The van der Waals surface area contributed by atoms with Crippen LogP contribution in [0, 0.1) is 0 Å². The molecule has 1 aromatic carbocycles. The predicted molar refractivity (Wildman–Crippen MR) is 149 cm³/mol. The molecule has 0 radical (unpaired) electrons. The smallest absolute Gasteiger partial charge is 0.326 e. The van der Waals surface area contributed by atoms with Crippen LogP contribution in [0.15, 0.2) is 36.4 Å². The number of hydrogen-bond donors (Lipinski definition) is 3. The largest absolute Gasteiger partial charge is 0.480 e. The van der Waals surface area contributed by atoms with E-state index < -0.39 is 18.2 Å². The van der Waals surface area contributed by atoms with Gasteiger partial charge in [0.15, 0.2) is 0 Å². The van der Waals surface area contributed by atoms with Crippen LogP contribution in [0.4, 0.5) is 10.2 Å². The molecule has 2 aliphatic rings. The number of aromatic nitrogens is 1. The van der Waals surface area contributed by atoms with E-state index in [1.165, 1.54) is 12.7 Å². The number of halogens is 1. The first-order valence-electron chi connectivity index (χ1n) is 14.1. The molecule has 0 saturated carbocycles. The molecule has 2 heterocycles. The molecule has 0 saturated heterocycles. The minimum absolute atomic E-state index is 0.0112. The predicted octanol–water partition coefficient (Wildman–Crippen LogP) is 3.74. The highest BCUT2D eigenvalue weighted by atomic mass is 19.1. The number of anilines is 1. The average molecular weight is 541 g/mol. The second-order valence-corrected chi connectivity index (χ2v) is 10.6. The summed E-state index contributed by atoms with van der Waals surface area (Å²) in [5.41, 5.74) is 4.43. The number of fused-ring (bicyclic) bond motifs is 2. The lowest BCUT2D eigenvalue weighted by Gasteiger charge is -2.26. The fourth-order valence-corrected chi connectivity index (χ4v) is 5.63. The molecule has 3 N–H and O–H groups in total. The van der Waals surface area contributed by atoms with Gasteiger partial charge in [-0.15, -0.1) is 0 Å². The minimum Gasteiger partial charge on any atom is -0.480 e. The van der Waals surface area contributed by atoms with Crippen molar-refractivity contribution in [3.63, 3.8) is 0 Å². The fourth-order valence-electron chi connectivity index (χ4n) is 5.63. The van der Waals surface area contributed by atoms with Gasteiger partial charge in [-0.2, -0.15) is 0 Å². The molecule has 4 rings (SSSR count). The van der Waals surface area contributed by atoms with Gasteiger partial charge in [-0.1, -0.05) is 30.3 Å². The molecule has 1 amide bonds. The normalized spacial score (nSPS) is 17.7. The van der Waals surface area contributed by atoms with Gasteiger partial charge in [-0.3, -0.25) is 4.79 Å². The van der Waals surface area contributed by atoms with Gasteiger partial charge in [0, 0.05) is 32.4 Å². The lowest BCUT2D eigenvalue weighted by molar-refractivity contribution is -0.142. The Labute approximate surface area is 230 Å². The highest BCUT2D eigenvalue weighted by molar-refractivity contribution is 5.89. The van der Waals surface area contributed by atoms with E-state index in [1.807, 2.05) is 29.2 Å². The zero-order valence-electron chi connectivity index (χ0n) is 22.8. The van der Waals surface area contributed by atoms with Gasteiger partial charge < -0.3 is 25.4 Å². The number of pyridine rings is 1. The van der Waals surface area contributed by atoms with Gasteiger partial charge in [0.25, 0.3) is 0 Å². The monoisotopic (exact) mass is 540 g/mol. The van der Waals surface area contributed by atoms with E-state index in [0.29, 0.717) is 19.5 Å². The molecule has 39 heavy (non-hydrogen) atoms. The number of carbonyl (C=O) groups is 2. The van der Waals surface area contributed by atoms with Crippen molar-refractivity contribution >= 4 is 17.7 Å². The Morgan fingerprint density at radius 3 is 2.85 bits per heavy atom. The number of methoxy groups -OCH3 is 1. The molecule has 1 unspecified atom stereocenters. The van der Waals surface area contributed by atoms with Crippen LogP contribution in [-0.4, -0.2) is 79.0 Å². The summed E-state index contributed by atoms with van der Waals surface area (Å²) in [6.45, 7) is 2.09. The van der Waals surface area contributed by atoms with Gasteiger partial charge in [-0.25, -0.2) is 14.2 Å². The van der Waals surface area contributed by atoms with Gasteiger partial charge >= 0.3 is 5.97 Å². The van der Waals surface area contributed by atoms with Crippen molar-refractivity contribution in [3.8, 4) is 0 Å². The maximum absolute atomic E-state index is 14.5. The quantitative estimate of drug-likeness (QED) is 0.296. The molecular weight excluding hydrogens is 499 g/mol. The summed E-state index contributed by atoms with van der Waals surface area (Å²) in [5.74, 6) is -0.671. The Kier molecular flexibility index (Phi) is 10.7. The number of aryl methyl sites for hydroxylation is 3. The number of nitrogens with zero attached hydrogens (tertiary/aromatic N) is 2. The van der Waals surface area contributed by atoms with Crippen LogP contribution in [-0.2, 0) is 33.6 Å². The van der Waals surface area contributed by atoms with Gasteiger partial charge in [-0.05, 0) is 80.7 Å². The number of carbonyl (C=O) groups excluding carboxylic acids is 1. The molecule has 3 atom stereocenters. The third-order valence-electron chi connectivity index (χ3n) is 7.71. The molecule has 1 aromatic heterocycles. The summed E-state index contributed by atoms with van der Waals surface area (Å²) in [4.78, 5) is 31.7. The number of hydrogen-bond acceptors (Lipinski definition) is 6. The zero-order valence-corrected chi connectivity index (χ0v) is 22.8. The van der Waals surface area contributed by atoms with Crippen LogP contribution in [0.5, 0.6) is 0 Å². The highest BCUT2D eigenvalue weighted by Gasteiger charge is 2.31. The number of aliphatic carboxylic acids is 1. The number of unbranched alkanes of at least 4 members (excludes halogenated alkanes) is 1. The number of rotatable bonds is 15. The summed E-state index contributed by atoms with van der Waals surface area (Å²) in [7, 11) is 1.47. The maximum Gasteiger partial charge on any atom is 0.326 e. The van der Waals surface area contributed by atoms with E-state index in [-0.39, 0.29) is 31.4 Å². The van der Waals surface area contributed by atoms with Crippen molar-refractivity contribution in [2.75, 3.05) is 45.2 Å². The Hall–Kier alpha value is -3.04. The summed E-state index contributed by atoms with van der Waals surface area (Å²) in [6, 6.07) is 11.0. The molecule has 212 valence electrons. The van der Waals surface area contributed by atoms with Crippen LogP contribution in [0.3, 0.4) is 0 Å². The van der Waals surface area contributed by atoms with E-state index in [9.17, 15) is 19.1 Å². The van der Waals surface area contributed by atoms with Crippen molar-refractivity contribution in [1.82, 2.24) is 15.2 Å². The van der Waals surface area contributed by atoms with Gasteiger partial charge in [0.05, 0.1) is 12.5 Å². The lowest BCUT2D eigenvalue weighted by Crippen LogP contribution is -2.45. The summed E-state index contributed by atoms with van der Waals surface area (Å²) < 4.78 is 19.4. The lowest BCUT2D eigenvalue weighted by atomic mass is 10.00. The second-order valence-electron chi connectivity index (χ2n) is 10.6. The Balaban J connectivity index is 1.29. The third kappa shape index (κ3) is 8.22. The number of ether oxygens (including phenoxy) is 1. The number of benzene rings is 1. The number of alkyl halides is 1. The molecule has 8 nitrogen and oxygen atoms in total. The molecule has 2 aromatic rings. The first kappa shape index (κ1) is 29.0. The van der Waals surface area contributed by atoms with Crippen molar-refractivity contribution < 1.29 is 23.8 Å². The van der Waals surface area contributed by atoms with E-state index >= 15 is 0 Å². The van der Waals surface area contributed by atoms with Crippen molar-refractivity contribution in [3.05, 3.63) is 58.8 Å². The van der Waals surface area contributed by atoms with Gasteiger partial charge in [0.2, 0.25) is 5.91 Å². The van der Waals surface area contributed by atoms with Crippen LogP contribution >= 0.6 is 0 Å². The molecule has 1 aliphatic heterocycles. The molecule has 1 aliphatic carbocycles. The molecule has 0 spiro atoms. The summed E-state index contributed by atoms with van der Waals surface area (Å²) >= 11 is 0. The summed E-state index contributed by atoms with van der Waals surface area (Å²) in [5, 5.41) is 15.9. The van der Waals surface area contributed by atoms with E-state index in [0.717, 1.165) is 67.7 Å². The van der Waals surface area contributed by atoms with Gasteiger partial charge in [0.1, 0.15) is 18.0 Å². The average Bonchev–Trinajstić information content (AvgIpc) is 3.37. The third-order valence-corrected chi connectivity index (χ3v) is 7.71. The van der Waals surface area contributed by atoms with E-state index in [2.05, 4.69) is 22.8 Å². The van der Waals surface area contributed by atoms with Crippen molar-refractivity contribution in [1.29, 1.82) is 0 Å². The van der Waals surface area contributed by atoms with Crippen molar-refractivity contribution in [2.45, 2.75) is 69.5 Å². The maximum atomic E-state index is 14.5. The molecule has 9 heteroatoms. The first-order chi connectivity index (χ1) is 18.9. The summed E-state index contributed by atoms with van der Waals surface area (Å²) in [6.07, 6.45) is 5.26. The standard InChI is InChI=1S/C30H41FN4O4/c1-39-20-23(31)19-35(17-5-4-9-24-13-11-22-8-6-16-32-28(22)33-24)18-15-27(30(37)38)34-29(36)26-14-12-21-7-2-3-10-25(21)26/h2-3,7,10-11,13,23,26-27H,4-6,8-9,12,14-20H2,1H3,(H,32,33)(H,34,36)(H,37,38)/t23-,26?,27-/m0/s1. The first-order valence-corrected chi connectivity index (χ1v) is 14.1. The Morgan fingerprint density at radius 2 is 2.03 bits per heavy atom. The van der Waals surface area contributed by atoms with Crippen LogP contribution in [0.2, 0.25) is 0 Å². The topological polar surface area (TPSA) is 104 Å². The number of amides is 1. The SMILES string of the molecule is COC[C@@H](F)CN(CCCCc1ccc2c(n1)NCCC2)CC[C@H](NC(=O)C1CCc2ccccc21)C(=O)O. The fraction of sp³-hybridized carbons (Fsp3) is 0.567. The van der Waals surface area contributed by atoms with E-state index in [4.69, 9.17) is 9.72 Å². The molecular formula is C30H41FN4O4. The Bertz CT molecular complexity index is 1110. The second kappa shape index (κ2) is 14.4. The number of carboxylic acid groups (broad SMARTS) is 1. The number of carboxylic acids is 1.